The van der Waals surface area contributed by atoms with E-state index in [-0.39, 0.29) is 33.5 Å². The number of hydrogen-bond donors (Lipinski definition) is 3. The molecule has 0 bridgehead atoms. The number of carbonyl (C=O) groups is 1. The number of aryl methyl sites for hydroxylation is 1. The summed E-state index contributed by atoms with van der Waals surface area (Å²) in [5, 5.41) is 15.3. The van der Waals surface area contributed by atoms with E-state index in [2.05, 4.69) is 20.6 Å². The first-order valence-electron chi connectivity index (χ1n) is 9.29. The number of halogens is 1. The minimum Gasteiger partial charge on any atom is -0.392 e. The maximum Gasteiger partial charge on any atom is 0.269 e. The SMILES string of the molecule is Cc1ccc(S(=O)(=O)n2cc(Cl)c3nc(CNC(=O)C4CC(O)CN4)cnc32)cc1. The third kappa shape index (κ3) is 3.91. The fraction of sp³-hybridized carbons (Fsp3) is 0.316. The van der Waals surface area contributed by atoms with Crippen molar-refractivity contribution in [3.8, 4) is 0 Å². The second kappa shape index (κ2) is 7.95. The van der Waals surface area contributed by atoms with Crippen molar-refractivity contribution in [3.05, 3.63) is 52.9 Å². The standard InChI is InChI=1S/C19H20ClN5O4S/c1-11-2-4-14(5-3-11)30(28,29)25-10-15(20)17-18(25)22-7-12(24-17)8-23-19(27)16-6-13(26)9-21-16/h2-5,7,10,13,16,21,26H,6,8-9H2,1H3,(H,23,27). The number of aliphatic hydroxyl groups excluding tert-OH is 1. The highest BCUT2D eigenvalue weighted by atomic mass is 35.5. The van der Waals surface area contributed by atoms with E-state index in [1.807, 2.05) is 6.92 Å². The van der Waals surface area contributed by atoms with Gasteiger partial charge in [-0.05, 0) is 25.5 Å². The van der Waals surface area contributed by atoms with E-state index in [0.29, 0.717) is 18.7 Å². The molecule has 2 aromatic heterocycles. The molecule has 0 spiro atoms. The van der Waals surface area contributed by atoms with Gasteiger partial charge in [0.15, 0.2) is 5.65 Å². The van der Waals surface area contributed by atoms with Crippen LogP contribution in [0.3, 0.4) is 0 Å². The van der Waals surface area contributed by atoms with Crippen LogP contribution in [0, 0.1) is 6.92 Å². The fourth-order valence-corrected chi connectivity index (χ4v) is 4.87. The van der Waals surface area contributed by atoms with Crippen LogP contribution in [0.15, 0.2) is 41.6 Å². The Morgan fingerprint density at radius 2 is 2.10 bits per heavy atom. The molecule has 3 N–H and O–H groups in total. The average molecular weight is 450 g/mol. The fourth-order valence-electron chi connectivity index (χ4n) is 3.28. The van der Waals surface area contributed by atoms with Crippen LogP contribution in [0.1, 0.15) is 17.7 Å². The zero-order chi connectivity index (χ0) is 21.5. The van der Waals surface area contributed by atoms with Gasteiger partial charge in [-0.1, -0.05) is 29.3 Å². The van der Waals surface area contributed by atoms with Gasteiger partial charge in [-0.2, -0.15) is 0 Å². The van der Waals surface area contributed by atoms with Gasteiger partial charge < -0.3 is 15.7 Å². The summed E-state index contributed by atoms with van der Waals surface area (Å²) in [7, 11) is -3.89. The molecule has 2 unspecified atom stereocenters. The number of benzene rings is 1. The third-order valence-corrected chi connectivity index (χ3v) is 6.86. The van der Waals surface area contributed by atoms with E-state index in [1.54, 1.807) is 12.1 Å². The molecule has 2 atom stereocenters. The summed E-state index contributed by atoms with van der Waals surface area (Å²) in [6, 6.07) is 6.02. The number of rotatable bonds is 5. The highest BCUT2D eigenvalue weighted by molar-refractivity contribution is 7.90. The molecule has 1 aliphatic rings. The number of nitrogens with one attached hydrogen (secondary N) is 2. The van der Waals surface area contributed by atoms with Crippen LogP contribution in [-0.2, 0) is 21.4 Å². The number of hydrogen-bond acceptors (Lipinski definition) is 7. The second-order valence-electron chi connectivity index (χ2n) is 7.19. The number of amides is 1. The van der Waals surface area contributed by atoms with Gasteiger partial charge in [0, 0.05) is 12.7 Å². The van der Waals surface area contributed by atoms with E-state index < -0.39 is 22.2 Å². The summed E-state index contributed by atoms with van der Waals surface area (Å²) in [6.07, 6.45) is 2.48. The van der Waals surface area contributed by atoms with E-state index in [4.69, 9.17) is 11.6 Å². The lowest BCUT2D eigenvalue weighted by Gasteiger charge is -2.11. The van der Waals surface area contributed by atoms with E-state index in [1.165, 1.54) is 24.5 Å². The number of carbonyl (C=O) groups excluding carboxylic acids is 1. The minimum absolute atomic E-state index is 0.0995. The Morgan fingerprint density at radius 1 is 1.37 bits per heavy atom. The van der Waals surface area contributed by atoms with Crippen molar-refractivity contribution >= 4 is 38.7 Å². The van der Waals surface area contributed by atoms with Gasteiger partial charge in [0.2, 0.25) is 5.91 Å². The molecule has 1 aromatic carbocycles. The number of fused-ring (bicyclic) bond motifs is 1. The molecule has 1 saturated heterocycles. The predicted molar refractivity (Wildman–Crippen MR) is 111 cm³/mol. The molecule has 30 heavy (non-hydrogen) atoms. The van der Waals surface area contributed by atoms with Crippen LogP contribution in [0.25, 0.3) is 11.2 Å². The number of aliphatic hydroxyl groups is 1. The number of aromatic nitrogens is 3. The largest absolute Gasteiger partial charge is 0.392 e. The minimum atomic E-state index is -3.89. The van der Waals surface area contributed by atoms with Gasteiger partial charge in [-0.25, -0.2) is 22.4 Å². The number of nitrogens with zero attached hydrogens (tertiary/aromatic N) is 3. The Bertz CT molecular complexity index is 1210. The summed E-state index contributed by atoms with van der Waals surface area (Å²) < 4.78 is 27.0. The maximum atomic E-state index is 13.0. The van der Waals surface area contributed by atoms with Crippen molar-refractivity contribution in [2.75, 3.05) is 6.54 Å². The molecular formula is C19H20ClN5O4S. The summed E-state index contributed by atoms with van der Waals surface area (Å²) in [4.78, 5) is 20.9. The van der Waals surface area contributed by atoms with Gasteiger partial charge in [0.05, 0.1) is 40.5 Å². The zero-order valence-corrected chi connectivity index (χ0v) is 17.6. The summed E-state index contributed by atoms with van der Waals surface area (Å²) >= 11 is 6.24. The Labute approximate surface area is 178 Å². The van der Waals surface area contributed by atoms with Gasteiger partial charge >= 0.3 is 0 Å². The molecule has 11 heteroatoms. The van der Waals surface area contributed by atoms with Crippen molar-refractivity contribution in [1.29, 1.82) is 0 Å². The molecule has 3 heterocycles. The van der Waals surface area contributed by atoms with Crippen molar-refractivity contribution in [2.45, 2.75) is 36.9 Å². The van der Waals surface area contributed by atoms with Gasteiger partial charge in [-0.3, -0.25) is 4.79 Å². The van der Waals surface area contributed by atoms with Crippen molar-refractivity contribution < 1.29 is 18.3 Å². The van der Waals surface area contributed by atoms with Gasteiger partial charge in [0.25, 0.3) is 10.0 Å². The molecule has 3 aromatic rings. The first kappa shape index (κ1) is 20.7. The third-order valence-electron chi connectivity index (χ3n) is 4.91. The molecule has 1 fully saturated rings. The quantitative estimate of drug-likeness (QED) is 0.529. The van der Waals surface area contributed by atoms with Crippen LogP contribution < -0.4 is 10.6 Å². The topological polar surface area (TPSA) is 126 Å². The van der Waals surface area contributed by atoms with Crippen LogP contribution in [-0.4, -0.2) is 52.1 Å². The summed E-state index contributed by atoms with van der Waals surface area (Å²) in [6.45, 7) is 2.35. The monoisotopic (exact) mass is 449 g/mol. The molecule has 1 amide bonds. The Morgan fingerprint density at radius 3 is 2.77 bits per heavy atom. The molecule has 0 saturated carbocycles. The van der Waals surface area contributed by atoms with E-state index in [0.717, 1.165) is 9.54 Å². The lowest BCUT2D eigenvalue weighted by molar-refractivity contribution is -0.123. The maximum absolute atomic E-state index is 13.0. The molecule has 4 rings (SSSR count). The van der Waals surface area contributed by atoms with Crippen molar-refractivity contribution in [3.63, 3.8) is 0 Å². The van der Waals surface area contributed by atoms with Gasteiger partial charge in [0.1, 0.15) is 5.52 Å². The Kier molecular flexibility index (Phi) is 5.49. The van der Waals surface area contributed by atoms with Crippen molar-refractivity contribution in [1.82, 2.24) is 24.6 Å². The van der Waals surface area contributed by atoms with Crippen LogP contribution >= 0.6 is 11.6 Å². The average Bonchev–Trinajstić information content (AvgIpc) is 3.30. The predicted octanol–water partition coefficient (Wildman–Crippen LogP) is 0.969. The number of β-amino-alcohol motifs (C(OH)–C–C–N with tert-alkyl or cyclic N) is 1. The molecule has 158 valence electrons. The lowest BCUT2D eigenvalue weighted by Crippen LogP contribution is -2.40. The zero-order valence-electron chi connectivity index (χ0n) is 16.0. The van der Waals surface area contributed by atoms with Crippen molar-refractivity contribution in [2.24, 2.45) is 0 Å². The Balaban J connectivity index is 1.58. The Hall–Kier alpha value is -2.53. The first-order valence-corrected chi connectivity index (χ1v) is 11.1. The smallest absolute Gasteiger partial charge is 0.269 e. The summed E-state index contributed by atoms with van der Waals surface area (Å²) in [5.41, 5.74) is 1.71. The van der Waals surface area contributed by atoms with Crippen LogP contribution in [0.5, 0.6) is 0 Å². The molecule has 9 nitrogen and oxygen atoms in total. The molecule has 0 radical (unpaired) electrons. The normalized spacial score (nSPS) is 19.3. The first-order chi connectivity index (χ1) is 14.3. The molecular weight excluding hydrogens is 430 g/mol. The second-order valence-corrected chi connectivity index (χ2v) is 9.41. The van der Waals surface area contributed by atoms with Gasteiger partial charge in [-0.15, -0.1) is 0 Å². The molecule has 1 aliphatic heterocycles. The van der Waals surface area contributed by atoms with Crippen LogP contribution in [0.2, 0.25) is 5.02 Å². The molecule has 0 aliphatic carbocycles. The van der Waals surface area contributed by atoms with E-state index >= 15 is 0 Å². The highest BCUT2D eigenvalue weighted by Crippen LogP contribution is 2.27. The van der Waals surface area contributed by atoms with Crippen LogP contribution in [0.4, 0.5) is 0 Å². The lowest BCUT2D eigenvalue weighted by atomic mass is 10.2. The van der Waals surface area contributed by atoms with E-state index in [9.17, 15) is 18.3 Å². The highest BCUT2D eigenvalue weighted by Gasteiger charge is 2.28. The summed E-state index contributed by atoms with van der Waals surface area (Å²) in [5.74, 6) is -0.251.